The maximum atomic E-state index is 11.7. The highest BCUT2D eigenvalue weighted by atomic mass is 16.1. The fraction of sp³-hybridized carbons (Fsp3) is 0.941. The van der Waals surface area contributed by atoms with E-state index >= 15 is 0 Å². The first-order chi connectivity index (χ1) is 9.02. The number of nitrogens with one attached hydrogen (secondary N) is 1. The van der Waals surface area contributed by atoms with E-state index < -0.39 is 0 Å². The molecule has 0 spiro atoms. The van der Waals surface area contributed by atoms with E-state index in [0.717, 1.165) is 12.8 Å². The van der Waals surface area contributed by atoms with E-state index in [1.165, 1.54) is 51.4 Å². The van der Waals surface area contributed by atoms with Gasteiger partial charge in [0.2, 0.25) is 5.91 Å². The van der Waals surface area contributed by atoms with Crippen molar-refractivity contribution in [3.8, 4) is 0 Å². The Balaban J connectivity index is 3.32. The van der Waals surface area contributed by atoms with Crippen LogP contribution in [-0.4, -0.2) is 11.4 Å². The Labute approximate surface area is 120 Å². The number of unbranched alkanes of at least 4 members (excludes halogenated alkanes) is 8. The van der Waals surface area contributed by atoms with Crippen molar-refractivity contribution in [2.75, 3.05) is 0 Å². The van der Waals surface area contributed by atoms with Gasteiger partial charge in [0.25, 0.3) is 0 Å². The molecule has 0 radical (unpaired) electrons. The van der Waals surface area contributed by atoms with Crippen LogP contribution < -0.4 is 5.32 Å². The van der Waals surface area contributed by atoms with Gasteiger partial charge in [-0.3, -0.25) is 4.79 Å². The SMILES string of the molecule is CCCCCCCCCCCC(=O)NC(C)(C)CC. The van der Waals surface area contributed by atoms with Crippen LogP contribution in [-0.2, 0) is 4.79 Å². The fourth-order valence-corrected chi connectivity index (χ4v) is 2.12. The molecule has 0 aliphatic heterocycles. The molecule has 0 saturated carbocycles. The summed E-state index contributed by atoms with van der Waals surface area (Å²) >= 11 is 0. The zero-order valence-electron chi connectivity index (χ0n) is 13.7. The quantitative estimate of drug-likeness (QED) is 0.484. The van der Waals surface area contributed by atoms with Crippen molar-refractivity contribution in [2.24, 2.45) is 0 Å². The minimum Gasteiger partial charge on any atom is -0.351 e. The Morgan fingerprint density at radius 1 is 0.842 bits per heavy atom. The molecule has 0 atom stereocenters. The summed E-state index contributed by atoms with van der Waals surface area (Å²) in [5.41, 5.74) is -0.0453. The first-order valence-electron chi connectivity index (χ1n) is 8.33. The minimum absolute atomic E-state index is 0.0453. The molecule has 2 heteroatoms. The molecule has 0 heterocycles. The van der Waals surface area contributed by atoms with Crippen LogP contribution in [0.2, 0.25) is 0 Å². The van der Waals surface area contributed by atoms with E-state index in [1.54, 1.807) is 0 Å². The molecule has 0 aromatic heterocycles. The van der Waals surface area contributed by atoms with Crippen molar-refractivity contribution < 1.29 is 4.79 Å². The molecule has 0 rings (SSSR count). The van der Waals surface area contributed by atoms with Crippen molar-refractivity contribution in [3.63, 3.8) is 0 Å². The average molecular weight is 269 g/mol. The smallest absolute Gasteiger partial charge is 0.220 e. The second kappa shape index (κ2) is 11.3. The highest BCUT2D eigenvalue weighted by molar-refractivity contribution is 5.76. The molecule has 0 bridgehead atoms. The highest BCUT2D eigenvalue weighted by Gasteiger charge is 2.16. The number of hydrogen-bond acceptors (Lipinski definition) is 1. The van der Waals surface area contributed by atoms with Gasteiger partial charge < -0.3 is 5.32 Å². The Morgan fingerprint density at radius 2 is 1.32 bits per heavy atom. The highest BCUT2D eigenvalue weighted by Crippen LogP contribution is 2.11. The van der Waals surface area contributed by atoms with E-state index in [4.69, 9.17) is 0 Å². The predicted molar refractivity (Wildman–Crippen MR) is 84.4 cm³/mol. The lowest BCUT2D eigenvalue weighted by Gasteiger charge is -2.24. The van der Waals surface area contributed by atoms with E-state index in [9.17, 15) is 4.79 Å². The molecule has 19 heavy (non-hydrogen) atoms. The number of amides is 1. The van der Waals surface area contributed by atoms with Crippen molar-refractivity contribution in [1.82, 2.24) is 5.32 Å². The lowest BCUT2D eigenvalue weighted by atomic mass is 10.0. The van der Waals surface area contributed by atoms with Gasteiger partial charge >= 0.3 is 0 Å². The van der Waals surface area contributed by atoms with Crippen molar-refractivity contribution in [3.05, 3.63) is 0 Å². The Hall–Kier alpha value is -0.530. The molecule has 0 saturated heterocycles. The van der Waals surface area contributed by atoms with Gasteiger partial charge in [-0.15, -0.1) is 0 Å². The van der Waals surface area contributed by atoms with Crippen molar-refractivity contribution in [2.45, 2.75) is 104 Å². The molecule has 0 aliphatic rings. The first-order valence-corrected chi connectivity index (χ1v) is 8.33. The van der Waals surface area contributed by atoms with E-state index in [0.29, 0.717) is 6.42 Å². The number of hydrogen-bond donors (Lipinski definition) is 1. The normalized spacial score (nSPS) is 11.6. The lowest BCUT2D eigenvalue weighted by Crippen LogP contribution is -2.42. The van der Waals surface area contributed by atoms with Gasteiger partial charge in [0.1, 0.15) is 0 Å². The van der Waals surface area contributed by atoms with E-state index in [-0.39, 0.29) is 11.4 Å². The fourth-order valence-electron chi connectivity index (χ4n) is 2.12. The minimum atomic E-state index is -0.0453. The van der Waals surface area contributed by atoms with Crippen LogP contribution in [0.25, 0.3) is 0 Å². The zero-order valence-corrected chi connectivity index (χ0v) is 13.7. The molecule has 0 unspecified atom stereocenters. The van der Waals surface area contributed by atoms with Crippen molar-refractivity contribution in [1.29, 1.82) is 0 Å². The van der Waals surface area contributed by atoms with E-state index in [2.05, 4.69) is 33.0 Å². The van der Waals surface area contributed by atoms with Crippen LogP contribution in [0.5, 0.6) is 0 Å². The summed E-state index contributed by atoms with van der Waals surface area (Å²) in [4.78, 5) is 11.7. The van der Waals surface area contributed by atoms with Crippen molar-refractivity contribution >= 4 is 5.91 Å². The van der Waals surface area contributed by atoms with Gasteiger partial charge in [-0.25, -0.2) is 0 Å². The third kappa shape index (κ3) is 12.3. The summed E-state index contributed by atoms with van der Waals surface area (Å²) in [5, 5.41) is 3.09. The van der Waals surface area contributed by atoms with Gasteiger partial charge in [-0.1, -0.05) is 65.2 Å². The zero-order chi connectivity index (χ0) is 14.6. The lowest BCUT2D eigenvalue weighted by molar-refractivity contribution is -0.122. The standard InChI is InChI=1S/C17H35NO/c1-5-7-8-9-10-11-12-13-14-15-16(19)18-17(3,4)6-2/h5-15H2,1-4H3,(H,18,19). The average Bonchev–Trinajstić information content (AvgIpc) is 2.36. The Bertz CT molecular complexity index is 223. The Morgan fingerprint density at radius 3 is 1.79 bits per heavy atom. The van der Waals surface area contributed by atoms with Crippen LogP contribution in [0.1, 0.15) is 98.3 Å². The molecule has 0 aliphatic carbocycles. The number of carbonyl (C=O) groups is 1. The number of carbonyl (C=O) groups excluding carboxylic acids is 1. The molecular formula is C17H35NO. The molecular weight excluding hydrogens is 234 g/mol. The Kier molecular flexibility index (Phi) is 11.0. The number of rotatable bonds is 12. The van der Waals surface area contributed by atoms with Gasteiger partial charge in [0.05, 0.1) is 0 Å². The van der Waals surface area contributed by atoms with Gasteiger partial charge in [-0.05, 0) is 26.7 Å². The molecule has 114 valence electrons. The summed E-state index contributed by atoms with van der Waals surface area (Å²) in [7, 11) is 0. The van der Waals surface area contributed by atoms with Gasteiger partial charge in [0.15, 0.2) is 0 Å². The molecule has 2 nitrogen and oxygen atoms in total. The molecule has 1 N–H and O–H groups in total. The second-order valence-electron chi connectivity index (χ2n) is 6.36. The van der Waals surface area contributed by atoms with E-state index in [1.807, 2.05) is 0 Å². The topological polar surface area (TPSA) is 29.1 Å². The summed E-state index contributed by atoms with van der Waals surface area (Å²) in [5.74, 6) is 0.217. The summed E-state index contributed by atoms with van der Waals surface area (Å²) in [6.07, 6.45) is 13.4. The molecule has 0 fully saturated rings. The molecule has 0 aromatic rings. The predicted octanol–water partition coefficient (Wildman–Crippen LogP) is 5.21. The van der Waals surface area contributed by atoms with Crippen LogP contribution in [0.15, 0.2) is 0 Å². The first kappa shape index (κ1) is 18.5. The van der Waals surface area contributed by atoms with Crippen LogP contribution in [0.3, 0.4) is 0 Å². The largest absolute Gasteiger partial charge is 0.351 e. The van der Waals surface area contributed by atoms with Gasteiger partial charge in [-0.2, -0.15) is 0 Å². The third-order valence-electron chi connectivity index (χ3n) is 3.87. The maximum Gasteiger partial charge on any atom is 0.220 e. The van der Waals surface area contributed by atoms with Crippen LogP contribution in [0.4, 0.5) is 0 Å². The third-order valence-corrected chi connectivity index (χ3v) is 3.87. The molecule has 1 amide bonds. The van der Waals surface area contributed by atoms with Crippen LogP contribution >= 0.6 is 0 Å². The summed E-state index contributed by atoms with van der Waals surface area (Å²) < 4.78 is 0. The van der Waals surface area contributed by atoms with Crippen LogP contribution in [0, 0.1) is 0 Å². The summed E-state index contributed by atoms with van der Waals surface area (Å²) in [6.45, 7) is 8.53. The molecule has 0 aromatic carbocycles. The summed E-state index contributed by atoms with van der Waals surface area (Å²) in [6, 6.07) is 0. The maximum absolute atomic E-state index is 11.7. The monoisotopic (exact) mass is 269 g/mol. The second-order valence-corrected chi connectivity index (χ2v) is 6.36. The van der Waals surface area contributed by atoms with Gasteiger partial charge in [0, 0.05) is 12.0 Å².